The van der Waals surface area contributed by atoms with Crippen molar-refractivity contribution in [2.24, 2.45) is 5.10 Å². The quantitative estimate of drug-likeness (QED) is 0.315. The molecule has 2 heterocycles. The molecule has 0 unspecified atom stereocenters. The Kier molecular flexibility index (Phi) is 5.31. The fourth-order valence-electron chi connectivity index (χ4n) is 2.75. The molecule has 0 spiro atoms. The van der Waals surface area contributed by atoms with Crippen LogP contribution in [0, 0.1) is 0 Å². The lowest BCUT2D eigenvalue weighted by atomic mass is 10.1. The molecule has 1 amide bonds. The Morgan fingerprint density at radius 1 is 1.00 bits per heavy atom. The van der Waals surface area contributed by atoms with Gasteiger partial charge in [0.2, 0.25) is 0 Å². The summed E-state index contributed by atoms with van der Waals surface area (Å²) in [7, 11) is 0. The molecule has 0 radical (unpaired) electrons. The third kappa shape index (κ3) is 4.07. The second-order valence-electron chi connectivity index (χ2n) is 6.19. The van der Waals surface area contributed by atoms with E-state index in [9.17, 15) is 9.59 Å². The number of aromatic carboxylic acids is 1. The number of furan rings is 2. The average molecular weight is 443 g/mol. The minimum absolute atomic E-state index is 0.00401. The van der Waals surface area contributed by atoms with Gasteiger partial charge >= 0.3 is 11.9 Å². The van der Waals surface area contributed by atoms with Crippen molar-refractivity contribution in [3.63, 3.8) is 0 Å². The number of hydrazone groups is 1. The molecule has 0 atom stereocenters. The Balaban J connectivity index is 1.44. The van der Waals surface area contributed by atoms with Gasteiger partial charge in [-0.2, -0.15) is 5.10 Å². The lowest BCUT2D eigenvalue weighted by molar-refractivity contribution is 0.0696. The lowest BCUT2D eigenvalue weighted by Gasteiger charge is -2.01. The SMILES string of the molecule is O=C(N/N=C/c1ccc(-c2ccc(C(=O)O)c(Cl)c2)o1)c1cc2cc(Cl)ccc2o1. The zero-order chi connectivity index (χ0) is 21.3. The number of carboxylic acid groups (broad SMARTS) is 1. The second kappa shape index (κ2) is 8.06. The summed E-state index contributed by atoms with van der Waals surface area (Å²) >= 11 is 11.9. The van der Waals surface area contributed by atoms with Gasteiger partial charge in [0.15, 0.2) is 5.76 Å². The van der Waals surface area contributed by atoms with E-state index >= 15 is 0 Å². The van der Waals surface area contributed by atoms with E-state index in [-0.39, 0.29) is 16.3 Å². The molecule has 0 saturated heterocycles. The normalized spacial score (nSPS) is 11.3. The van der Waals surface area contributed by atoms with Gasteiger partial charge in [-0.25, -0.2) is 10.2 Å². The minimum atomic E-state index is -1.11. The second-order valence-corrected chi connectivity index (χ2v) is 7.04. The molecule has 9 heteroatoms. The maximum atomic E-state index is 12.2. The maximum absolute atomic E-state index is 12.2. The lowest BCUT2D eigenvalue weighted by Crippen LogP contribution is -2.16. The molecule has 2 aromatic heterocycles. The molecular formula is C21H12Cl2N2O5. The number of nitrogens with zero attached hydrogens (tertiary/aromatic N) is 1. The number of carbonyl (C=O) groups is 2. The summed E-state index contributed by atoms with van der Waals surface area (Å²) in [6, 6.07) is 14.4. The topological polar surface area (TPSA) is 105 Å². The van der Waals surface area contributed by atoms with Crippen molar-refractivity contribution >= 4 is 52.3 Å². The molecule has 150 valence electrons. The first-order valence-electron chi connectivity index (χ1n) is 8.56. The summed E-state index contributed by atoms with van der Waals surface area (Å²) < 4.78 is 11.1. The summed E-state index contributed by atoms with van der Waals surface area (Å²) in [5.41, 5.74) is 3.51. The molecule has 2 N–H and O–H groups in total. The van der Waals surface area contributed by atoms with Gasteiger partial charge in [0.1, 0.15) is 17.1 Å². The highest BCUT2D eigenvalue weighted by molar-refractivity contribution is 6.33. The van der Waals surface area contributed by atoms with Crippen molar-refractivity contribution in [2.45, 2.75) is 0 Å². The number of fused-ring (bicyclic) bond motifs is 1. The molecule has 4 aromatic rings. The van der Waals surface area contributed by atoms with Gasteiger partial charge in [-0.05, 0) is 48.5 Å². The highest BCUT2D eigenvalue weighted by Crippen LogP contribution is 2.27. The summed E-state index contributed by atoms with van der Waals surface area (Å²) in [4.78, 5) is 23.2. The van der Waals surface area contributed by atoms with Gasteiger partial charge in [-0.1, -0.05) is 29.3 Å². The number of nitrogens with one attached hydrogen (secondary N) is 1. The molecule has 0 fully saturated rings. The molecule has 0 aliphatic rings. The number of benzene rings is 2. The highest BCUT2D eigenvalue weighted by Gasteiger charge is 2.13. The fourth-order valence-corrected chi connectivity index (χ4v) is 3.20. The van der Waals surface area contributed by atoms with Crippen LogP contribution in [-0.4, -0.2) is 23.2 Å². The van der Waals surface area contributed by atoms with Gasteiger partial charge in [-0.15, -0.1) is 0 Å². The molecule has 4 rings (SSSR count). The van der Waals surface area contributed by atoms with Gasteiger partial charge in [-0.3, -0.25) is 4.79 Å². The van der Waals surface area contributed by atoms with E-state index < -0.39 is 11.9 Å². The first kappa shape index (κ1) is 19.8. The van der Waals surface area contributed by atoms with Crippen molar-refractivity contribution in [2.75, 3.05) is 0 Å². The van der Waals surface area contributed by atoms with Crippen molar-refractivity contribution in [3.8, 4) is 11.3 Å². The third-order valence-corrected chi connectivity index (χ3v) is 4.72. The van der Waals surface area contributed by atoms with Crippen LogP contribution in [0.3, 0.4) is 0 Å². The first-order valence-corrected chi connectivity index (χ1v) is 9.32. The van der Waals surface area contributed by atoms with Gasteiger partial charge in [0.25, 0.3) is 0 Å². The van der Waals surface area contributed by atoms with Crippen molar-refractivity contribution in [1.82, 2.24) is 5.43 Å². The molecule has 0 aliphatic carbocycles. The van der Waals surface area contributed by atoms with E-state index in [2.05, 4.69) is 10.5 Å². The van der Waals surface area contributed by atoms with Crippen LogP contribution in [-0.2, 0) is 0 Å². The molecule has 7 nitrogen and oxygen atoms in total. The molecule has 0 bridgehead atoms. The van der Waals surface area contributed by atoms with E-state index in [0.717, 1.165) is 0 Å². The largest absolute Gasteiger partial charge is 0.478 e. The van der Waals surface area contributed by atoms with Crippen molar-refractivity contribution in [3.05, 3.63) is 81.7 Å². The van der Waals surface area contributed by atoms with E-state index in [1.807, 2.05) is 0 Å². The molecule has 30 heavy (non-hydrogen) atoms. The van der Waals surface area contributed by atoms with Crippen LogP contribution in [0.25, 0.3) is 22.3 Å². The molecule has 0 saturated carbocycles. The summed E-state index contributed by atoms with van der Waals surface area (Å²) in [5, 5.41) is 14.2. The minimum Gasteiger partial charge on any atom is -0.478 e. The highest BCUT2D eigenvalue weighted by atomic mass is 35.5. The molecule has 2 aromatic carbocycles. The van der Waals surface area contributed by atoms with Gasteiger partial charge < -0.3 is 13.9 Å². The predicted octanol–water partition coefficient (Wildman–Crippen LogP) is 5.46. The number of carbonyl (C=O) groups excluding carboxylic acids is 1. The van der Waals surface area contributed by atoms with Crippen molar-refractivity contribution < 1.29 is 23.5 Å². The van der Waals surface area contributed by atoms with Crippen molar-refractivity contribution in [1.29, 1.82) is 0 Å². The Labute approximate surface area is 179 Å². The van der Waals surface area contributed by atoms with Crippen LogP contribution in [0.15, 0.2) is 68.5 Å². The van der Waals surface area contributed by atoms with Gasteiger partial charge in [0, 0.05) is 16.0 Å². The van der Waals surface area contributed by atoms with Gasteiger partial charge in [0.05, 0.1) is 16.8 Å². The Morgan fingerprint density at radius 2 is 1.83 bits per heavy atom. The monoisotopic (exact) mass is 442 g/mol. The van der Waals surface area contributed by atoms with Crippen LogP contribution in [0.1, 0.15) is 26.7 Å². The Hall–Kier alpha value is -3.55. The van der Waals surface area contributed by atoms with E-state index in [4.69, 9.17) is 37.1 Å². The van der Waals surface area contributed by atoms with E-state index in [1.165, 1.54) is 18.3 Å². The van der Waals surface area contributed by atoms with E-state index in [1.54, 1.807) is 42.5 Å². The predicted molar refractivity (Wildman–Crippen MR) is 112 cm³/mol. The molecular weight excluding hydrogens is 431 g/mol. The molecule has 0 aliphatic heterocycles. The number of hydrogen-bond donors (Lipinski definition) is 2. The average Bonchev–Trinajstić information content (AvgIpc) is 3.34. The third-order valence-electron chi connectivity index (χ3n) is 4.17. The summed E-state index contributed by atoms with van der Waals surface area (Å²) in [6.07, 6.45) is 1.33. The van der Waals surface area contributed by atoms with E-state index in [0.29, 0.717) is 33.1 Å². The fraction of sp³-hybridized carbons (Fsp3) is 0. The summed E-state index contributed by atoms with van der Waals surface area (Å²) in [6.45, 7) is 0. The number of carboxylic acids is 1. The van der Waals surface area contributed by atoms with Crippen LogP contribution in [0.5, 0.6) is 0 Å². The zero-order valence-electron chi connectivity index (χ0n) is 15.1. The first-order chi connectivity index (χ1) is 14.4. The van der Waals surface area contributed by atoms with Crippen LogP contribution in [0.2, 0.25) is 10.0 Å². The smallest absolute Gasteiger partial charge is 0.337 e. The number of hydrogen-bond acceptors (Lipinski definition) is 5. The van der Waals surface area contributed by atoms with Crippen LogP contribution in [0.4, 0.5) is 0 Å². The number of amides is 1. The Bertz CT molecular complexity index is 1310. The number of rotatable bonds is 5. The van der Waals surface area contributed by atoms with Crippen LogP contribution >= 0.6 is 23.2 Å². The number of halogens is 2. The Morgan fingerprint density at radius 3 is 2.60 bits per heavy atom. The summed E-state index contributed by atoms with van der Waals surface area (Å²) in [5.74, 6) is -0.697. The van der Waals surface area contributed by atoms with Crippen LogP contribution < -0.4 is 5.43 Å². The zero-order valence-corrected chi connectivity index (χ0v) is 16.6. The standard InChI is InChI=1S/C21H12Cl2N2O5/c22-13-2-5-18-12(7-13)9-19(30-18)20(26)25-24-10-14-3-6-17(29-14)11-1-4-15(21(27)28)16(23)8-11/h1-10H,(H,25,26)(H,27,28)/b24-10+. The maximum Gasteiger partial charge on any atom is 0.337 e.